The van der Waals surface area contributed by atoms with Crippen LogP contribution in [0, 0.1) is 5.92 Å². The molecule has 2 atom stereocenters. The van der Waals surface area contributed by atoms with E-state index < -0.39 is 0 Å². The fourth-order valence-corrected chi connectivity index (χ4v) is 4.26. The zero-order valence-corrected chi connectivity index (χ0v) is 13.5. The Bertz CT molecular complexity index is 547. The van der Waals surface area contributed by atoms with Gasteiger partial charge in [0.15, 0.2) is 0 Å². The Hall–Kier alpha value is -1.19. The van der Waals surface area contributed by atoms with E-state index >= 15 is 0 Å². The first-order valence-electron chi connectivity index (χ1n) is 8.08. The first-order chi connectivity index (χ1) is 10.3. The highest BCUT2D eigenvalue weighted by Crippen LogP contribution is 2.30. The van der Waals surface area contributed by atoms with Gasteiger partial charge < -0.3 is 5.32 Å². The molecule has 1 fully saturated rings. The number of benzene rings is 1. The molecule has 2 nitrogen and oxygen atoms in total. The lowest BCUT2D eigenvalue weighted by molar-refractivity contribution is 0.287. The summed E-state index contributed by atoms with van der Waals surface area (Å²) in [5, 5.41) is 7.12. The molecule has 1 aliphatic rings. The van der Waals surface area contributed by atoms with Crippen LogP contribution in [0.25, 0.3) is 11.3 Å². The van der Waals surface area contributed by atoms with Gasteiger partial charge in [-0.3, -0.25) is 0 Å². The number of thiazole rings is 1. The number of hydrogen-bond acceptors (Lipinski definition) is 3. The lowest BCUT2D eigenvalue weighted by atomic mass is 9.84. The van der Waals surface area contributed by atoms with Gasteiger partial charge in [0.2, 0.25) is 0 Å². The van der Waals surface area contributed by atoms with Crippen molar-refractivity contribution in [2.45, 2.75) is 45.1 Å². The first kappa shape index (κ1) is 14.7. The van der Waals surface area contributed by atoms with Crippen molar-refractivity contribution in [2.24, 2.45) is 5.92 Å². The Morgan fingerprint density at radius 2 is 2.10 bits per heavy atom. The average Bonchev–Trinajstić information content (AvgIpc) is 2.97. The summed E-state index contributed by atoms with van der Waals surface area (Å²) in [6, 6.07) is 11.2. The second-order valence-corrected chi connectivity index (χ2v) is 6.93. The standard InChI is InChI=1S/C18H24N2S/c1-2-19-16-10-6-7-14(11-16)12-18-20-17(13-21-18)15-8-4-3-5-9-15/h3-5,8-9,13-14,16,19H,2,6-7,10-12H2,1H3. The monoisotopic (exact) mass is 300 g/mol. The molecule has 0 spiro atoms. The van der Waals surface area contributed by atoms with E-state index in [0.717, 1.165) is 30.6 Å². The molecule has 3 rings (SSSR count). The third-order valence-electron chi connectivity index (χ3n) is 4.36. The van der Waals surface area contributed by atoms with Crippen LogP contribution in [0.5, 0.6) is 0 Å². The minimum absolute atomic E-state index is 0.724. The summed E-state index contributed by atoms with van der Waals surface area (Å²) in [7, 11) is 0. The average molecular weight is 300 g/mol. The third kappa shape index (κ3) is 3.92. The van der Waals surface area contributed by atoms with Gasteiger partial charge in [0.25, 0.3) is 0 Å². The fraction of sp³-hybridized carbons (Fsp3) is 0.500. The van der Waals surface area contributed by atoms with Gasteiger partial charge in [0, 0.05) is 23.4 Å². The molecule has 112 valence electrons. The van der Waals surface area contributed by atoms with Crippen molar-refractivity contribution in [1.82, 2.24) is 10.3 Å². The summed E-state index contributed by atoms with van der Waals surface area (Å²) in [4.78, 5) is 4.84. The summed E-state index contributed by atoms with van der Waals surface area (Å²) < 4.78 is 0. The van der Waals surface area contributed by atoms with Crippen molar-refractivity contribution < 1.29 is 0 Å². The Balaban J connectivity index is 1.62. The van der Waals surface area contributed by atoms with Crippen LogP contribution in [-0.4, -0.2) is 17.6 Å². The van der Waals surface area contributed by atoms with Crippen molar-refractivity contribution >= 4 is 11.3 Å². The first-order valence-corrected chi connectivity index (χ1v) is 8.96. The minimum atomic E-state index is 0.724. The minimum Gasteiger partial charge on any atom is -0.314 e. The normalized spacial score (nSPS) is 22.3. The molecule has 1 aromatic carbocycles. The van der Waals surface area contributed by atoms with Crippen LogP contribution in [0.4, 0.5) is 0 Å². The summed E-state index contributed by atoms with van der Waals surface area (Å²) >= 11 is 1.82. The van der Waals surface area contributed by atoms with Gasteiger partial charge in [-0.15, -0.1) is 11.3 Å². The second-order valence-electron chi connectivity index (χ2n) is 5.98. The van der Waals surface area contributed by atoms with Crippen molar-refractivity contribution in [3.8, 4) is 11.3 Å². The number of rotatable bonds is 5. The fourth-order valence-electron chi connectivity index (χ4n) is 3.34. The molecule has 1 aliphatic carbocycles. The molecule has 0 amide bonds. The molecule has 1 N–H and O–H groups in total. The second kappa shape index (κ2) is 7.19. The molecular formula is C18H24N2S. The molecule has 3 heteroatoms. The zero-order chi connectivity index (χ0) is 14.5. The van der Waals surface area contributed by atoms with E-state index in [1.54, 1.807) is 0 Å². The predicted octanol–water partition coefficient (Wildman–Crippen LogP) is 4.52. The predicted molar refractivity (Wildman–Crippen MR) is 90.7 cm³/mol. The van der Waals surface area contributed by atoms with Gasteiger partial charge in [-0.2, -0.15) is 0 Å². The SMILES string of the molecule is CCNC1CCCC(Cc2nc(-c3ccccc3)cs2)C1. The lowest BCUT2D eigenvalue weighted by Crippen LogP contribution is -2.34. The Morgan fingerprint density at radius 3 is 2.90 bits per heavy atom. The smallest absolute Gasteiger partial charge is 0.0935 e. The lowest BCUT2D eigenvalue weighted by Gasteiger charge is -2.29. The van der Waals surface area contributed by atoms with E-state index in [2.05, 4.69) is 48.0 Å². The maximum Gasteiger partial charge on any atom is 0.0935 e. The molecule has 0 bridgehead atoms. The van der Waals surface area contributed by atoms with E-state index in [-0.39, 0.29) is 0 Å². The van der Waals surface area contributed by atoms with Gasteiger partial charge in [-0.05, 0) is 31.7 Å². The molecule has 2 aromatic rings. The van der Waals surface area contributed by atoms with E-state index in [0.29, 0.717) is 0 Å². The van der Waals surface area contributed by atoms with E-state index in [9.17, 15) is 0 Å². The quantitative estimate of drug-likeness (QED) is 0.878. The van der Waals surface area contributed by atoms with Gasteiger partial charge in [0.05, 0.1) is 10.7 Å². The van der Waals surface area contributed by atoms with Crippen LogP contribution in [-0.2, 0) is 6.42 Å². The Kier molecular flexibility index (Phi) is 5.04. The van der Waals surface area contributed by atoms with E-state index in [4.69, 9.17) is 4.98 Å². The van der Waals surface area contributed by atoms with Gasteiger partial charge in [-0.25, -0.2) is 4.98 Å². The van der Waals surface area contributed by atoms with E-state index in [1.165, 1.54) is 36.3 Å². The summed E-state index contributed by atoms with van der Waals surface area (Å²) in [5.41, 5.74) is 2.36. The molecule has 21 heavy (non-hydrogen) atoms. The summed E-state index contributed by atoms with van der Waals surface area (Å²) in [6.07, 6.45) is 6.53. The molecule has 0 radical (unpaired) electrons. The summed E-state index contributed by atoms with van der Waals surface area (Å²) in [5.74, 6) is 0.803. The highest BCUT2D eigenvalue weighted by atomic mass is 32.1. The van der Waals surface area contributed by atoms with Crippen LogP contribution in [0.15, 0.2) is 35.7 Å². The van der Waals surface area contributed by atoms with Gasteiger partial charge >= 0.3 is 0 Å². The van der Waals surface area contributed by atoms with Gasteiger partial charge in [-0.1, -0.05) is 43.7 Å². The van der Waals surface area contributed by atoms with Crippen molar-refractivity contribution in [3.63, 3.8) is 0 Å². The number of hydrogen-bond donors (Lipinski definition) is 1. The highest BCUT2D eigenvalue weighted by molar-refractivity contribution is 7.09. The number of nitrogens with one attached hydrogen (secondary N) is 1. The largest absolute Gasteiger partial charge is 0.314 e. The summed E-state index contributed by atoms with van der Waals surface area (Å²) in [6.45, 7) is 3.30. The van der Waals surface area contributed by atoms with Crippen molar-refractivity contribution in [1.29, 1.82) is 0 Å². The molecule has 0 aliphatic heterocycles. The highest BCUT2D eigenvalue weighted by Gasteiger charge is 2.22. The Morgan fingerprint density at radius 1 is 1.24 bits per heavy atom. The molecular weight excluding hydrogens is 276 g/mol. The number of nitrogens with zero attached hydrogens (tertiary/aromatic N) is 1. The van der Waals surface area contributed by atoms with Crippen LogP contribution in [0.2, 0.25) is 0 Å². The van der Waals surface area contributed by atoms with Crippen molar-refractivity contribution in [3.05, 3.63) is 40.7 Å². The maximum atomic E-state index is 4.84. The molecule has 0 saturated heterocycles. The van der Waals surface area contributed by atoms with Crippen molar-refractivity contribution in [2.75, 3.05) is 6.54 Å². The molecule has 1 aromatic heterocycles. The number of aromatic nitrogens is 1. The van der Waals surface area contributed by atoms with Crippen LogP contribution in [0.1, 0.15) is 37.6 Å². The molecule has 2 unspecified atom stereocenters. The maximum absolute atomic E-state index is 4.84. The van der Waals surface area contributed by atoms with Crippen LogP contribution < -0.4 is 5.32 Å². The Labute approximate surface area is 131 Å². The topological polar surface area (TPSA) is 24.9 Å². The molecule has 1 heterocycles. The molecule has 1 saturated carbocycles. The van der Waals surface area contributed by atoms with E-state index in [1.807, 2.05) is 11.3 Å². The third-order valence-corrected chi connectivity index (χ3v) is 5.23. The zero-order valence-electron chi connectivity index (χ0n) is 12.7. The van der Waals surface area contributed by atoms with Gasteiger partial charge in [0.1, 0.15) is 0 Å². The van der Waals surface area contributed by atoms with Crippen LogP contribution in [0.3, 0.4) is 0 Å². The van der Waals surface area contributed by atoms with Crippen LogP contribution >= 0.6 is 11.3 Å².